The molecular weight excluding hydrogens is 307 g/mol. The molecule has 0 spiro atoms. The van der Waals surface area contributed by atoms with Gasteiger partial charge in [-0.3, -0.25) is 4.79 Å². The van der Waals surface area contributed by atoms with Crippen molar-refractivity contribution in [2.75, 3.05) is 13.1 Å². The van der Waals surface area contributed by atoms with Crippen LogP contribution in [0.15, 0.2) is 18.2 Å². The summed E-state index contributed by atoms with van der Waals surface area (Å²) in [4.78, 5) is 14.6. The Bertz CT molecular complexity index is 507. The van der Waals surface area contributed by atoms with E-state index >= 15 is 0 Å². The molecule has 1 amide bonds. The standard InChI is InChI=1S/C16H22Cl2N2O/c1-3-20(10-12-4-5-14(17)15(18)9-12)16(21)13-6-7-19-11(2)8-13/h4-5,9,11,13,19H,3,6-8,10H2,1-2H3/t11-,13-/m0/s1. The van der Waals surface area contributed by atoms with Crippen LogP contribution in [0.25, 0.3) is 0 Å². The fraction of sp³-hybridized carbons (Fsp3) is 0.562. The van der Waals surface area contributed by atoms with E-state index in [0.717, 1.165) is 24.9 Å². The van der Waals surface area contributed by atoms with Crippen LogP contribution in [-0.2, 0) is 11.3 Å². The van der Waals surface area contributed by atoms with E-state index in [0.29, 0.717) is 29.2 Å². The number of hydrogen-bond acceptors (Lipinski definition) is 2. The van der Waals surface area contributed by atoms with E-state index in [9.17, 15) is 4.79 Å². The monoisotopic (exact) mass is 328 g/mol. The molecule has 0 unspecified atom stereocenters. The lowest BCUT2D eigenvalue weighted by molar-refractivity contribution is -0.137. The minimum atomic E-state index is 0.129. The molecule has 21 heavy (non-hydrogen) atoms. The number of nitrogens with zero attached hydrogens (tertiary/aromatic N) is 1. The number of hydrogen-bond donors (Lipinski definition) is 1. The number of piperidine rings is 1. The van der Waals surface area contributed by atoms with Gasteiger partial charge in [0.1, 0.15) is 0 Å². The summed E-state index contributed by atoms with van der Waals surface area (Å²) in [7, 11) is 0. The van der Waals surface area contributed by atoms with Crippen LogP contribution in [0.2, 0.25) is 10.0 Å². The molecule has 2 atom stereocenters. The van der Waals surface area contributed by atoms with Gasteiger partial charge in [-0.25, -0.2) is 0 Å². The molecule has 0 radical (unpaired) electrons. The van der Waals surface area contributed by atoms with E-state index in [1.54, 1.807) is 6.07 Å². The molecular formula is C16H22Cl2N2O. The van der Waals surface area contributed by atoms with Gasteiger partial charge in [-0.05, 0) is 50.9 Å². The highest BCUT2D eigenvalue weighted by atomic mass is 35.5. The van der Waals surface area contributed by atoms with Gasteiger partial charge in [0.2, 0.25) is 5.91 Å². The highest BCUT2D eigenvalue weighted by Gasteiger charge is 2.27. The van der Waals surface area contributed by atoms with Crippen LogP contribution in [-0.4, -0.2) is 29.9 Å². The average molecular weight is 329 g/mol. The van der Waals surface area contributed by atoms with Gasteiger partial charge in [-0.1, -0.05) is 29.3 Å². The largest absolute Gasteiger partial charge is 0.338 e. The van der Waals surface area contributed by atoms with Crippen LogP contribution in [0.4, 0.5) is 0 Å². The number of halogens is 2. The molecule has 1 aliphatic rings. The number of nitrogens with one attached hydrogen (secondary N) is 1. The number of rotatable bonds is 4. The fourth-order valence-electron chi connectivity index (χ4n) is 2.82. The topological polar surface area (TPSA) is 32.3 Å². The molecule has 0 aliphatic carbocycles. The van der Waals surface area contributed by atoms with E-state index in [2.05, 4.69) is 12.2 Å². The Kier molecular flexibility index (Phi) is 5.91. The molecule has 1 saturated heterocycles. The van der Waals surface area contributed by atoms with Gasteiger partial charge in [-0.15, -0.1) is 0 Å². The van der Waals surface area contributed by atoms with Gasteiger partial charge in [0, 0.05) is 25.0 Å². The average Bonchev–Trinajstić information content (AvgIpc) is 2.47. The molecule has 0 saturated carbocycles. The van der Waals surface area contributed by atoms with Crippen LogP contribution in [0.3, 0.4) is 0 Å². The lowest BCUT2D eigenvalue weighted by Crippen LogP contribution is -2.43. The summed E-state index contributed by atoms with van der Waals surface area (Å²) in [5.74, 6) is 0.376. The zero-order chi connectivity index (χ0) is 15.4. The summed E-state index contributed by atoms with van der Waals surface area (Å²) in [5.41, 5.74) is 1.02. The summed E-state index contributed by atoms with van der Waals surface area (Å²) >= 11 is 12.0. The van der Waals surface area contributed by atoms with Gasteiger partial charge < -0.3 is 10.2 Å². The van der Waals surface area contributed by atoms with Gasteiger partial charge in [0.25, 0.3) is 0 Å². The fourth-order valence-corrected chi connectivity index (χ4v) is 3.14. The molecule has 116 valence electrons. The van der Waals surface area contributed by atoms with Crippen LogP contribution >= 0.6 is 23.2 Å². The Labute approximate surface area is 136 Å². The molecule has 0 bridgehead atoms. The quantitative estimate of drug-likeness (QED) is 0.913. The van der Waals surface area contributed by atoms with Gasteiger partial charge in [-0.2, -0.15) is 0 Å². The Morgan fingerprint density at radius 2 is 2.14 bits per heavy atom. The molecule has 1 aromatic rings. The minimum absolute atomic E-state index is 0.129. The summed E-state index contributed by atoms with van der Waals surface area (Å²) in [6.07, 6.45) is 1.83. The van der Waals surface area contributed by atoms with E-state index in [4.69, 9.17) is 23.2 Å². The summed E-state index contributed by atoms with van der Waals surface area (Å²) in [5, 5.41) is 4.46. The van der Waals surface area contributed by atoms with E-state index in [1.807, 2.05) is 24.0 Å². The zero-order valence-corrected chi connectivity index (χ0v) is 14.0. The predicted molar refractivity (Wildman–Crippen MR) is 87.7 cm³/mol. The van der Waals surface area contributed by atoms with Crippen LogP contribution in [0.5, 0.6) is 0 Å². The Hall–Kier alpha value is -0.770. The first-order valence-corrected chi connectivity index (χ1v) is 8.23. The van der Waals surface area contributed by atoms with E-state index in [-0.39, 0.29) is 11.8 Å². The van der Waals surface area contributed by atoms with Crippen molar-refractivity contribution >= 4 is 29.1 Å². The molecule has 1 fully saturated rings. The molecule has 3 nitrogen and oxygen atoms in total. The third-order valence-corrected chi connectivity index (χ3v) is 4.76. The first kappa shape index (κ1) is 16.6. The van der Waals surface area contributed by atoms with Crippen molar-refractivity contribution in [3.63, 3.8) is 0 Å². The SMILES string of the molecule is CCN(Cc1ccc(Cl)c(Cl)c1)C(=O)[C@H]1CCN[C@@H](C)C1. The van der Waals surface area contributed by atoms with Gasteiger partial charge in [0.05, 0.1) is 10.0 Å². The Balaban J connectivity index is 2.04. The molecule has 1 aliphatic heterocycles. The van der Waals surface area contributed by atoms with Crippen molar-refractivity contribution in [2.45, 2.75) is 39.3 Å². The van der Waals surface area contributed by atoms with Crippen molar-refractivity contribution in [3.05, 3.63) is 33.8 Å². The van der Waals surface area contributed by atoms with Crippen LogP contribution in [0.1, 0.15) is 32.3 Å². The smallest absolute Gasteiger partial charge is 0.226 e. The van der Waals surface area contributed by atoms with E-state index < -0.39 is 0 Å². The van der Waals surface area contributed by atoms with Crippen molar-refractivity contribution in [1.29, 1.82) is 0 Å². The third kappa shape index (κ3) is 4.35. The number of amides is 1. The highest BCUT2D eigenvalue weighted by molar-refractivity contribution is 6.42. The predicted octanol–water partition coefficient (Wildman–Crippen LogP) is 3.73. The number of benzene rings is 1. The maximum Gasteiger partial charge on any atom is 0.226 e. The number of carbonyl (C=O) groups excluding carboxylic acids is 1. The lowest BCUT2D eigenvalue weighted by atomic mass is 9.92. The second kappa shape index (κ2) is 7.48. The minimum Gasteiger partial charge on any atom is -0.338 e. The lowest BCUT2D eigenvalue weighted by Gasteiger charge is -2.31. The second-order valence-corrected chi connectivity index (χ2v) is 6.49. The molecule has 5 heteroatoms. The molecule has 2 rings (SSSR count). The molecule has 1 N–H and O–H groups in total. The molecule has 0 aromatic heterocycles. The van der Waals surface area contributed by atoms with Crippen LogP contribution < -0.4 is 5.32 Å². The zero-order valence-electron chi connectivity index (χ0n) is 12.5. The molecule has 1 aromatic carbocycles. The Morgan fingerprint density at radius 1 is 1.38 bits per heavy atom. The summed E-state index contributed by atoms with van der Waals surface area (Å²) in [6, 6.07) is 5.96. The second-order valence-electron chi connectivity index (χ2n) is 5.68. The van der Waals surface area contributed by atoms with E-state index in [1.165, 1.54) is 0 Å². The summed E-state index contributed by atoms with van der Waals surface area (Å²) < 4.78 is 0. The Morgan fingerprint density at radius 3 is 2.76 bits per heavy atom. The van der Waals surface area contributed by atoms with Gasteiger partial charge >= 0.3 is 0 Å². The number of carbonyl (C=O) groups is 1. The van der Waals surface area contributed by atoms with Crippen molar-refractivity contribution in [3.8, 4) is 0 Å². The third-order valence-electron chi connectivity index (χ3n) is 4.02. The highest BCUT2D eigenvalue weighted by Crippen LogP contribution is 2.24. The van der Waals surface area contributed by atoms with Crippen molar-refractivity contribution in [1.82, 2.24) is 10.2 Å². The van der Waals surface area contributed by atoms with Crippen LogP contribution in [0, 0.1) is 5.92 Å². The first-order chi connectivity index (χ1) is 10.0. The maximum absolute atomic E-state index is 12.7. The van der Waals surface area contributed by atoms with Crippen molar-refractivity contribution in [2.24, 2.45) is 5.92 Å². The summed E-state index contributed by atoms with van der Waals surface area (Å²) in [6.45, 7) is 6.36. The molecule has 1 heterocycles. The van der Waals surface area contributed by atoms with Crippen molar-refractivity contribution < 1.29 is 4.79 Å². The normalized spacial score (nSPS) is 22.1. The first-order valence-electron chi connectivity index (χ1n) is 7.47. The maximum atomic E-state index is 12.7. The van der Waals surface area contributed by atoms with Gasteiger partial charge in [0.15, 0.2) is 0 Å².